The normalized spacial score (nSPS) is 12.8. The first-order valence-corrected chi connectivity index (χ1v) is 4.19. The highest BCUT2D eigenvalue weighted by Crippen LogP contribution is 2.20. The van der Waals surface area contributed by atoms with Crippen molar-refractivity contribution in [3.8, 4) is 0 Å². The van der Waals surface area contributed by atoms with Gasteiger partial charge in [-0.25, -0.2) is 0 Å². The maximum atomic E-state index is 8.48. The Labute approximate surface area is 76.7 Å². The van der Waals surface area contributed by atoms with Gasteiger partial charge >= 0.3 is 0 Å². The number of hydrogen-bond acceptors (Lipinski definition) is 2. The zero-order valence-electron chi connectivity index (χ0n) is 6.61. The molecule has 0 spiro atoms. The summed E-state index contributed by atoms with van der Waals surface area (Å²) in [4.78, 5) is 0. The van der Waals surface area contributed by atoms with E-state index in [-0.39, 0.29) is 13.2 Å². The predicted octanol–water partition coefficient (Wildman–Crippen LogP) is 1.93. The van der Waals surface area contributed by atoms with Gasteiger partial charge in [-0.05, 0) is 5.56 Å². The van der Waals surface area contributed by atoms with Gasteiger partial charge in [-0.2, -0.15) is 0 Å². The lowest BCUT2D eigenvalue weighted by Crippen LogP contribution is -2.02. The molecule has 0 radical (unpaired) electrons. The van der Waals surface area contributed by atoms with Crippen LogP contribution in [0.2, 0.25) is 0 Å². The first-order chi connectivity index (χ1) is 5.84. The molecule has 0 saturated carbocycles. The number of alkyl halides is 1. The van der Waals surface area contributed by atoms with E-state index in [0.717, 1.165) is 5.56 Å². The quantitative estimate of drug-likeness (QED) is 0.729. The van der Waals surface area contributed by atoms with E-state index in [4.69, 9.17) is 21.4 Å². The molecule has 2 nitrogen and oxygen atoms in total. The van der Waals surface area contributed by atoms with Crippen LogP contribution >= 0.6 is 11.6 Å². The van der Waals surface area contributed by atoms with Crippen molar-refractivity contribution in [1.82, 2.24) is 0 Å². The largest absolute Gasteiger partial charge is 0.394 e. The highest BCUT2D eigenvalue weighted by atomic mass is 35.5. The van der Waals surface area contributed by atoms with Gasteiger partial charge in [-0.3, -0.25) is 0 Å². The minimum Gasteiger partial charge on any atom is -0.394 e. The number of benzene rings is 1. The summed E-state index contributed by atoms with van der Waals surface area (Å²) < 4.78 is 5.09. The summed E-state index contributed by atoms with van der Waals surface area (Å²) in [7, 11) is 0. The molecule has 0 amide bonds. The molecule has 1 aromatic rings. The van der Waals surface area contributed by atoms with E-state index >= 15 is 0 Å². The zero-order valence-corrected chi connectivity index (χ0v) is 7.37. The van der Waals surface area contributed by atoms with Crippen molar-refractivity contribution in [2.75, 3.05) is 13.2 Å². The smallest absolute Gasteiger partial charge is 0.156 e. The molecular formula is C9H11ClO2. The molecule has 0 fully saturated rings. The van der Waals surface area contributed by atoms with Gasteiger partial charge in [0, 0.05) is 0 Å². The molecule has 1 rings (SSSR count). The van der Waals surface area contributed by atoms with Gasteiger partial charge < -0.3 is 9.84 Å². The van der Waals surface area contributed by atoms with Gasteiger partial charge in [-0.15, -0.1) is 0 Å². The molecule has 66 valence electrons. The van der Waals surface area contributed by atoms with Crippen molar-refractivity contribution in [2.45, 2.75) is 5.56 Å². The van der Waals surface area contributed by atoms with Crippen molar-refractivity contribution in [3.63, 3.8) is 0 Å². The molecule has 0 saturated heterocycles. The Morgan fingerprint density at radius 3 is 2.58 bits per heavy atom. The predicted molar refractivity (Wildman–Crippen MR) is 48.1 cm³/mol. The van der Waals surface area contributed by atoms with Crippen LogP contribution in [0.1, 0.15) is 11.1 Å². The Balaban J connectivity index is 2.48. The Bertz CT molecular complexity index is 213. The number of hydrogen-bond donors (Lipinski definition) is 1. The van der Waals surface area contributed by atoms with E-state index < -0.39 is 5.56 Å². The summed E-state index contributed by atoms with van der Waals surface area (Å²) in [5.74, 6) is 0. The van der Waals surface area contributed by atoms with E-state index in [9.17, 15) is 0 Å². The molecule has 1 unspecified atom stereocenters. The van der Waals surface area contributed by atoms with E-state index in [1.54, 1.807) is 0 Å². The maximum absolute atomic E-state index is 8.48. The fourth-order valence-corrected chi connectivity index (χ4v) is 1.09. The molecule has 0 aliphatic rings. The number of rotatable bonds is 4. The van der Waals surface area contributed by atoms with E-state index in [1.165, 1.54) is 0 Å². The molecule has 1 N–H and O–H groups in total. The lowest BCUT2D eigenvalue weighted by atomic mass is 10.2. The van der Waals surface area contributed by atoms with E-state index in [0.29, 0.717) is 0 Å². The zero-order chi connectivity index (χ0) is 8.81. The summed E-state index contributed by atoms with van der Waals surface area (Å²) in [6.07, 6.45) is 0. The average Bonchev–Trinajstić information content (AvgIpc) is 2.15. The van der Waals surface area contributed by atoms with Crippen LogP contribution in [-0.4, -0.2) is 18.3 Å². The van der Waals surface area contributed by atoms with Crippen LogP contribution in [0.25, 0.3) is 0 Å². The molecule has 3 heteroatoms. The Morgan fingerprint density at radius 1 is 1.33 bits per heavy atom. The topological polar surface area (TPSA) is 29.5 Å². The fraction of sp³-hybridized carbons (Fsp3) is 0.333. The number of aliphatic hydroxyl groups is 1. The van der Waals surface area contributed by atoms with Gasteiger partial charge in [0.25, 0.3) is 0 Å². The molecular weight excluding hydrogens is 176 g/mol. The summed E-state index contributed by atoms with van der Waals surface area (Å²) in [5.41, 5.74) is 0.450. The lowest BCUT2D eigenvalue weighted by molar-refractivity contribution is 0.0719. The number of ether oxygens (including phenoxy) is 1. The minimum absolute atomic E-state index is 0.00392. The van der Waals surface area contributed by atoms with Crippen LogP contribution in [0, 0.1) is 0 Å². The average molecular weight is 187 g/mol. The van der Waals surface area contributed by atoms with Crippen molar-refractivity contribution in [3.05, 3.63) is 35.9 Å². The van der Waals surface area contributed by atoms with Crippen molar-refractivity contribution in [1.29, 1.82) is 0 Å². The molecule has 0 aromatic heterocycles. The molecule has 0 aliphatic heterocycles. The van der Waals surface area contributed by atoms with Crippen molar-refractivity contribution >= 4 is 11.6 Å². The molecule has 1 atom stereocenters. The second-order valence-corrected chi connectivity index (χ2v) is 2.72. The molecule has 0 aliphatic carbocycles. The lowest BCUT2D eigenvalue weighted by Gasteiger charge is -2.09. The standard InChI is InChI=1S/C9H11ClO2/c10-9(12-7-6-11)8-4-2-1-3-5-8/h1-5,9,11H,6-7H2. The first kappa shape index (κ1) is 9.52. The second kappa shape index (κ2) is 5.14. The molecule has 0 bridgehead atoms. The fourth-order valence-electron chi connectivity index (χ4n) is 0.857. The number of aliphatic hydroxyl groups excluding tert-OH is 1. The summed E-state index contributed by atoms with van der Waals surface area (Å²) in [6, 6.07) is 9.48. The highest BCUT2D eigenvalue weighted by molar-refractivity contribution is 6.19. The van der Waals surface area contributed by atoms with Crippen LogP contribution in [0.4, 0.5) is 0 Å². The van der Waals surface area contributed by atoms with Crippen LogP contribution in [0.3, 0.4) is 0 Å². The van der Waals surface area contributed by atoms with Gasteiger partial charge in [0.1, 0.15) is 0 Å². The Morgan fingerprint density at radius 2 is 2.00 bits per heavy atom. The second-order valence-electron chi connectivity index (χ2n) is 2.32. The van der Waals surface area contributed by atoms with E-state index in [2.05, 4.69) is 0 Å². The van der Waals surface area contributed by atoms with Crippen molar-refractivity contribution < 1.29 is 9.84 Å². The van der Waals surface area contributed by atoms with Crippen molar-refractivity contribution in [2.24, 2.45) is 0 Å². The van der Waals surface area contributed by atoms with Crippen LogP contribution in [0.5, 0.6) is 0 Å². The first-order valence-electron chi connectivity index (χ1n) is 3.76. The van der Waals surface area contributed by atoms with Gasteiger partial charge in [0.05, 0.1) is 13.2 Å². The Hall–Kier alpha value is -0.570. The van der Waals surface area contributed by atoms with Gasteiger partial charge in [0.2, 0.25) is 0 Å². The third kappa shape index (κ3) is 2.81. The SMILES string of the molecule is OCCOC(Cl)c1ccccc1. The monoisotopic (exact) mass is 186 g/mol. The third-order valence-electron chi connectivity index (χ3n) is 1.42. The molecule has 0 heterocycles. The maximum Gasteiger partial charge on any atom is 0.156 e. The summed E-state index contributed by atoms with van der Waals surface area (Å²) >= 11 is 5.85. The number of halogens is 1. The Kier molecular flexibility index (Phi) is 4.08. The van der Waals surface area contributed by atoms with E-state index in [1.807, 2.05) is 30.3 Å². The molecule has 1 aromatic carbocycles. The van der Waals surface area contributed by atoms with Crippen LogP contribution < -0.4 is 0 Å². The highest BCUT2D eigenvalue weighted by Gasteiger charge is 2.05. The summed E-state index contributed by atoms with van der Waals surface area (Å²) in [5, 5.41) is 8.48. The molecule has 12 heavy (non-hydrogen) atoms. The van der Waals surface area contributed by atoms with Crippen LogP contribution in [0.15, 0.2) is 30.3 Å². The minimum atomic E-state index is -0.460. The third-order valence-corrected chi connectivity index (χ3v) is 1.80. The van der Waals surface area contributed by atoms with Crippen LogP contribution in [-0.2, 0) is 4.74 Å². The summed E-state index contributed by atoms with van der Waals surface area (Å²) in [6.45, 7) is 0.263. The van der Waals surface area contributed by atoms with Gasteiger partial charge in [0.15, 0.2) is 5.56 Å². The van der Waals surface area contributed by atoms with Gasteiger partial charge in [-0.1, -0.05) is 41.9 Å².